The number of amides is 1. The smallest absolute Gasteiger partial charge is 0.393 e. The van der Waals surface area contributed by atoms with Gasteiger partial charge in [0.15, 0.2) is 0 Å². The number of nitrogens with one attached hydrogen (secondary N) is 1. The molecule has 14 heteroatoms. The summed E-state index contributed by atoms with van der Waals surface area (Å²) < 4.78 is 22.8. The number of carbonyl (C=O) groups is 1. The third kappa shape index (κ3) is 29.3. The summed E-state index contributed by atoms with van der Waals surface area (Å²) in [6, 6.07) is -1.25. The van der Waals surface area contributed by atoms with E-state index < -0.39 is 75.2 Å². The van der Waals surface area contributed by atoms with Crippen molar-refractivity contribution in [3.63, 3.8) is 0 Å². The van der Waals surface area contributed by atoms with Crippen LogP contribution in [0.15, 0.2) is 24.3 Å². The number of aliphatic hydroxyl groups excluding tert-OH is 7. The largest absolute Gasteiger partial charge is 0.472 e. The second kappa shape index (κ2) is 37.9. The predicted molar refractivity (Wildman–Crippen MR) is 247 cm³/mol. The highest BCUT2D eigenvalue weighted by Crippen LogP contribution is 2.47. The predicted octanol–water partition coefficient (Wildman–Crippen LogP) is 8.76. The van der Waals surface area contributed by atoms with Gasteiger partial charge in [0.05, 0.1) is 31.3 Å². The van der Waals surface area contributed by atoms with Crippen LogP contribution in [0.2, 0.25) is 0 Å². The van der Waals surface area contributed by atoms with E-state index in [1.54, 1.807) is 6.08 Å². The third-order valence-corrected chi connectivity index (χ3v) is 13.0. The van der Waals surface area contributed by atoms with Crippen molar-refractivity contribution in [1.82, 2.24) is 5.32 Å². The van der Waals surface area contributed by atoms with E-state index in [1.165, 1.54) is 141 Å². The number of hydrogen-bond donors (Lipinski definition) is 9. The van der Waals surface area contributed by atoms with Crippen LogP contribution in [-0.2, 0) is 18.4 Å². The van der Waals surface area contributed by atoms with Crippen LogP contribution in [-0.4, -0.2) is 108 Å². The molecule has 1 aliphatic rings. The SMILES string of the molecule is CCCCCCCC/C=C/CC/C=C/C(O)C(COP(=O)(O)OC1C(O)C(O)C(O)C(O)C1O)NC(=O)CC(O)CCCCCCCCCCCCCCCCCCCCCC. The molecule has 8 unspecified atom stereocenters. The first-order valence-electron chi connectivity index (χ1n) is 24.9. The molecule has 0 spiro atoms. The van der Waals surface area contributed by atoms with Crippen molar-refractivity contribution in [3.8, 4) is 0 Å². The van der Waals surface area contributed by atoms with Crippen molar-refractivity contribution in [2.24, 2.45) is 0 Å². The van der Waals surface area contributed by atoms with Gasteiger partial charge < -0.3 is 46.0 Å². The van der Waals surface area contributed by atoms with Crippen LogP contribution in [0.25, 0.3) is 0 Å². The van der Waals surface area contributed by atoms with Crippen molar-refractivity contribution >= 4 is 13.7 Å². The van der Waals surface area contributed by atoms with Crippen LogP contribution in [0.4, 0.5) is 0 Å². The van der Waals surface area contributed by atoms with Gasteiger partial charge in [-0.2, -0.15) is 0 Å². The molecule has 13 nitrogen and oxygen atoms in total. The Labute approximate surface area is 375 Å². The molecule has 0 aromatic rings. The molecule has 0 radical (unpaired) electrons. The molecule has 62 heavy (non-hydrogen) atoms. The monoisotopic (exact) mass is 906 g/mol. The molecule has 0 aromatic heterocycles. The Balaban J connectivity index is 2.46. The number of rotatable bonds is 41. The molecule has 0 heterocycles. The van der Waals surface area contributed by atoms with Gasteiger partial charge in [-0.3, -0.25) is 13.8 Å². The molecule has 0 bridgehead atoms. The fourth-order valence-corrected chi connectivity index (χ4v) is 8.93. The Morgan fingerprint density at radius 1 is 0.565 bits per heavy atom. The van der Waals surface area contributed by atoms with Crippen molar-refractivity contribution in [1.29, 1.82) is 0 Å². The zero-order chi connectivity index (χ0) is 45.9. The van der Waals surface area contributed by atoms with Crippen LogP contribution in [0, 0.1) is 0 Å². The van der Waals surface area contributed by atoms with E-state index in [-0.39, 0.29) is 6.42 Å². The van der Waals surface area contributed by atoms with Gasteiger partial charge in [0.1, 0.15) is 36.6 Å². The number of carbonyl (C=O) groups excluding carboxylic acids is 1. The van der Waals surface area contributed by atoms with Crippen molar-refractivity contribution in [3.05, 3.63) is 24.3 Å². The van der Waals surface area contributed by atoms with E-state index in [0.717, 1.165) is 44.9 Å². The number of unbranched alkanes of at least 4 members (excludes halogenated alkanes) is 26. The summed E-state index contributed by atoms with van der Waals surface area (Å²) in [4.78, 5) is 23.4. The van der Waals surface area contributed by atoms with E-state index in [1.807, 2.05) is 0 Å². The molecule has 366 valence electrons. The maximum Gasteiger partial charge on any atom is 0.472 e. The molecule has 9 N–H and O–H groups in total. The van der Waals surface area contributed by atoms with Crippen molar-refractivity contribution < 1.29 is 59.0 Å². The Morgan fingerprint density at radius 2 is 0.952 bits per heavy atom. The first-order valence-corrected chi connectivity index (χ1v) is 26.4. The molecule has 1 rings (SSSR count). The summed E-state index contributed by atoms with van der Waals surface area (Å²) in [6.07, 6.45) is 28.5. The zero-order valence-corrected chi connectivity index (χ0v) is 39.7. The minimum Gasteiger partial charge on any atom is -0.393 e. The van der Waals surface area contributed by atoms with E-state index in [2.05, 4.69) is 31.3 Å². The van der Waals surface area contributed by atoms with Gasteiger partial charge in [-0.05, 0) is 32.1 Å². The van der Waals surface area contributed by atoms with E-state index >= 15 is 0 Å². The zero-order valence-electron chi connectivity index (χ0n) is 38.8. The summed E-state index contributed by atoms with van der Waals surface area (Å²) in [6.45, 7) is 3.72. The van der Waals surface area contributed by atoms with Gasteiger partial charge in [-0.1, -0.05) is 199 Å². The number of hydrogen-bond acceptors (Lipinski definition) is 11. The van der Waals surface area contributed by atoms with Crippen molar-refractivity contribution in [2.45, 2.75) is 268 Å². The van der Waals surface area contributed by atoms with E-state index in [9.17, 15) is 50.0 Å². The summed E-state index contributed by atoms with van der Waals surface area (Å²) in [5, 5.41) is 74.5. The van der Waals surface area contributed by atoms with Gasteiger partial charge >= 0.3 is 7.82 Å². The summed E-state index contributed by atoms with van der Waals surface area (Å²) in [7, 11) is -5.15. The van der Waals surface area contributed by atoms with Gasteiger partial charge in [0.25, 0.3) is 0 Å². The minimum absolute atomic E-state index is 0.249. The Bertz CT molecular complexity index is 1160. The van der Waals surface area contributed by atoms with Crippen LogP contribution >= 0.6 is 7.82 Å². The summed E-state index contributed by atoms with van der Waals surface area (Å²) >= 11 is 0. The van der Waals surface area contributed by atoms with Crippen LogP contribution in [0.1, 0.15) is 213 Å². The average Bonchev–Trinajstić information content (AvgIpc) is 3.24. The molecular formula is C48H92NO12P. The average molecular weight is 906 g/mol. The Kier molecular flexibility index (Phi) is 36.0. The number of phosphoric ester groups is 1. The highest BCUT2D eigenvalue weighted by Gasteiger charge is 2.51. The Morgan fingerprint density at radius 3 is 1.42 bits per heavy atom. The minimum atomic E-state index is -5.15. The highest BCUT2D eigenvalue weighted by atomic mass is 31.2. The molecule has 8 atom stereocenters. The quantitative estimate of drug-likeness (QED) is 0.0159. The number of phosphoric acid groups is 1. The first kappa shape index (κ1) is 58.8. The Hall–Kier alpha value is -1.22. The summed E-state index contributed by atoms with van der Waals surface area (Å²) in [5.74, 6) is -0.601. The number of allylic oxidation sites excluding steroid dienone is 3. The molecular weight excluding hydrogens is 813 g/mol. The maximum absolute atomic E-state index is 13.0. The van der Waals surface area contributed by atoms with Crippen LogP contribution in [0.3, 0.4) is 0 Å². The lowest BCUT2D eigenvalue weighted by Gasteiger charge is -2.41. The maximum atomic E-state index is 13.0. The second-order valence-electron chi connectivity index (χ2n) is 17.8. The normalized spacial score (nSPS) is 23.2. The van der Waals surface area contributed by atoms with Crippen molar-refractivity contribution in [2.75, 3.05) is 6.61 Å². The second-order valence-corrected chi connectivity index (χ2v) is 19.3. The fourth-order valence-electron chi connectivity index (χ4n) is 7.96. The lowest BCUT2D eigenvalue weighted by molar-refractivity contribution is -0.220. The van der Waals surface area contributed by atoms with E-state index in [4.69, 9.17) is 9.05 Å². The molecule has 1 saturated carbocycles. The van der Waals surface area contributed by atoms with Gasteiger partial charge in [0, 0.05) is 0 Å². The van der Waals surface area contributed by atoms with Crippen LogP contribution in [0.5, 0.6) is 0 Å². The molecule has 1 amide bonds. The topological polar surface area (TPSA) is 226 Å². The molecule has 0 aromatic carbocycles. The van der Waals surface area contributed by atoms with Crippen LogP contribution < -0.4 is 5.32 Å². The van der Waals surface area contributed by atoms with Gasteiger partial charge in [0.2, 0.25) is 5.91 Å². The fraction of sp³-hybridized carbons (Fsp3) is 0.896. The van der Waals surface area contributed by atoms with Gasteiger partial charge in [-0.15, -0.1) is 0 Å². The lowest BCUT2D eigenvalue weighted by Crippen LogP contribution is -2.64. The molecule has 0 aliphatic heterocycles. The lowest BCUT2D eigenvalue weighted by atomic mass is 9.85. The third-order valence-electron chi connectivity index (χ3n) is 12.0. The standard InChI is InChI=1S/C48H92NO12P/c1-3-5-7-9-11-13-15-17-18-19-20-21-22-23-24-25-27-29-31-33-35-39(50)37-42(52)49-40(41(51)36-34-32-30-28-26-16-14-12-10-8-6-4-2)38-60-62(58,59)61-48-46(56)44(54)43(53)45(55)47(48)57/h26,28,34,36,39-41,43-48,50-51,53-57H,3-25,27,29-33,35,37-38H2,1-2H3,(H,49,52)(H,58,59)/b28-26+,36-34+. The van der Waals surface area contributed by atoms with E-state index in [0.29, 0.717) is 12.8 Å². The van der Waals surface area contributed by atoms with Gasteiger partial charge in [-0.25, -0.2) is 4.57 Å². The molecule has 0 saturated heterocycles. The summed E-state index contributed by atoms with van der Waals surface area (Å²) in [5.41, 5.74) is 0. The molecule has 1 aliphatic carbocycles. The number of aliphatic hydroxyl groups is 7. The molecule has 1 fully saturated rings. The highest BCUT2D eigenvalue weighted by molar-refractivity contribution is 7.47. The first-order chi connectivity index (χ1) is 29.8.